The van der Waals surface area contributed by atoms with Gasteiger partial charge in [-0.3, -0.25) is 0 Å². The molecule has 4 heteroatoms. The topological polar surface area (TPSA) is 32.3 Å². The molecule has 1 aromatic heterocycles. The molecule has 4 nitrogen and oxygen atoms in total. The number of hydrogen-bond donors (Lipinski definition) is 0. The van der Waals surface area contributed by atoms with Crippen molar-refractivity contribution in [2.75, 3.05) is 31.1 Å². The molecule has 1 aromatic rings. The van der Waals surface area contributed by atoms with E-state index in [-0.39, 0.29) is 0 Å². The first kappa shape index (κ1) is 12.9. The molecule has 1 atom stereocenters. The summed E-state index contributed by atoms with van der Waals surface area (Å²) in [6.07, 6.45) is 8.64. The second-order valence-corrected chi connectivity index (χ2v) is 5.81. The van der Waals surface area contributed by atoms with Gasteiger partial charge in [-0.25, -0.2) is 9.97 Å². The van der Waals surface area contributed by atoms with Gasteiger partial charge in [0.25, 0.3) is 0 Å². The SMILES string of the molecule is Cc1nccc(N2CCC[C@@H]2CN2CCCCC2)n1. The number of likely N-dealkylation sites (tertiary alicyclic amines) is 1. The Kier molecular flexibility index (Phi) is 3.97. The normalized spacial score (nSPS) is 24.9. The average Bonchev–Trinajstić information content (AvgIpc) is 2.88. The Labute approximate surface area is 115 Å². The summed E-state index contributed by atoms with van der Waals surface area (Å²) in [5.74, 6) is 1.99. The molecule has 2 aliphatic heterocycles. The van der Waals surface area contributed by atoms with Gasteiger partial charge >= 0.3 is 0 Å². The monoisotopic (exact) mass is 260 g/mol. The van der Waals surface area contributed by atoms with E-state index in [9.17, 15) is 0 Å². The van der Waals surface area contributed by atoms with Gasteiger partial charge in [-0.15, -0.1) is 0 Å². The lowest BCUT2D eigenvalue weighted by Gasteiger charge is -2.33. The number of nitrogens with zero attached hydrogens (tertiary/aromatic N) is 4. The largest absolute Gasteiger partial charge is 0.352 e. The predicted molar refractivity (Wildman–Crippen MR) is 77.4 cm³/mol. The van der Waals surface area contributed by atoms with E-state index >= 15 is 0 Å². The van der Waals surface area contributed by atoms with Crippen molar-refractivity contribution in [2.24, 2.45) is 0 Å². The van der Waals surface area contributed by atoms with Crippen molar-refractivity contribution >= 4 is 5.82 Å². The van der Waals surface area contributed by atoms with Gasteiger partial charge in [-0.1, -0.05) is 6.42 Å². The Hall–Kier alpha value is -1.16. The number of aromatic nitrogens is 2. The third kappa shape index (κ3) is 3.06. The average molecular weight is 260 g/mol. The van der Waals surface area contributed by atoms with Gasteiger partial charge in [-0.2, -0.15) is 0 Å². The summed E-state index contributed by atoms with van der Waals surface area (Å²) < 4.78 is 0. The summed E-state index contributed by atoms with van der Waals surface area (Å²) in [5.41, 5.74) is 0. The van der Waals surface area contributed by atoms with E-state index in [4.69, 9.17) is 0 Å². The van der Waals surface area contributed by atoms with Gasteiger partial charge in [0, 0.05) is 25.3 Å². The Morgan fingerprint density at radius 3 is 2.79 bits per heavy atom. The second kappa shape index (κ2) is 5.87. The second-order valence-electron chi connectivity index (χ2n) is 5.81. The van der Waals surface area contributed by atoms with Gasteiger partial charge in [0.1, 0.15) is 11.6 Å². The maximum Gasteiger partial charge on any atom is 0.132 e. The minimum absolute atomic E-state index is 0.646. The van der Waals surface area contributed by atoms with Crippen LogP contribution in [0.5, 0.6) is 0 Å². The van der Waals surface area contributed by atoms with Crippen molar-refractivity contribution in [1.29, 1.82) is 0 Å². The summed E-state index contributed by atoms with van der Waals surface area (Å²) in [4.78, 5) is 13.9. The van der Waals surface area contributed by atoms with E-state index in [1.165, 1.54) is 51.7 Å². The van der Waals surface area contributed by atoms with Crippen LogP contribution < -0.4 is 4.90 Å². The first-order chi connectivity index (χ1) is 9.33. The Morgan fingerprint density at radius 1 is 1.16 bits per heavy atom. The molecule has 0 amide bonds. The molecule has 0 aromatic carbocycles. The fourth-order valence-electron chi connectivity index (χ4n) is 3.37. The Bertz CT molecular complexity index is 414. The fourth-order valence-corrected chi connectivity index (χ4v) is 3.37. The fraction of sp³-hybridized carbons (Fsp3) is 0.733. The molecule has 0 saturated carbocycles. The highest BCUT2D eigenvalue weighted by Gasteiger charge is 2.27. The summed E-state index contributed by atoms with van der Waals surface area (Å²) in [6, 6.07) is 2.70. The lowest BCUT2D eigenvalue weighted by Crippen LogP contribution is -2.42. The number of anilines is 1. The van der Waals surface area contributed by atoms with E-state index in [1.807, 2.05) is 13.1 Å². The van der Waals surface area contributed by atoms with Gasteiger partial charge < -0.3 is 9.80 Å². The summed E-state index contributed by atoms with van der Waals surface area (Å²) in [6.45, 7) is 6.90. The van der Waals surface area contributed by atoms with Gasteiger partial charge in [0.05, 0.1) is 0 Å². The molecule has 0 spiro atoms. The molecule has 3 rings (SSSR count). The number of hydrogen-bond acceptors (Lipinski definition) is 4. The van der Waals surface area contributed by atoms with Crippen LogP contribution in [-0.2, 0) is 0 Å². The zero-order valence-electron chi connectivity index (χ0n) is 11.9. The molecule has 0 N–H and O–H groups in total. The minimum Gasteiger partial charge on any atom is -0.352 e. The van der Waals surface area contributed by atoms with Crippen LogP contribution in [0.1, 0.15) is 37.9 Å². The summed E-state index contributed by atoms with van der Waals surface area (Å²) in [5, 5.41) is 0. The first-order valence-electron chi connectivity index (χ1n) is 7.61. The molecule has 19 heavy (non-hydrogen) atoms. The molecule has 2 aliphatic rings. The Morgan fingerprint density at radius 2 is 2.00 bits per heavy atom. The van der Waals surface area contributed by atoms with E-state index in [0.717, 1.165) is 18.2 Å². The molecule has 0 bridgehead atoms. The quantitative estimate of drug-likeness (QED) is 0.834. The first-order valence-corrected chi connectivity index (χ1v) is 7.61. The van der Waals surface area contributed by atoms with Crippen LogP contribution in [0.3, 0.4) is 0 Å². The molecular formula is C15H24N4. The third-order valence-corrected chi connectivity index (χ3v) is 4.35. The van der Waals surface area contributed by atoms with Crippen molar-refractivity contribution in [3.8, 4) is 0 Å². The van der Waals surface area contributed by atoms with Crippen molar-refractivity contribution in [3.63, 3.8) is 0 Å². The lowest BCUT2D eigenvalue weighted by atomic mass is 10.1. The van der Waals surface area contributed by atoms with Gasteiger partial charge in [0.2, 0.25) is 0 Å². The van der Waals surface area contributed by atoms with Crippen molar-refractivity contribution < 1.29 is 0 Å². The van der Waals surface area contributed by atoms with Crippen LogP contribution in [0.25, 0.3) is 0 Å². The van der Waals surface area contributed by atoms with Gasteiger partial charge in [0.15, 0.2) is 0 Å². The van der Waals surface area contributed by atoms with Crippen LogP contribution in [0.2, 0.25) is 0 Å². The smallest absolute Gasteiger partial charge is 0.132 e. The standard InChI is InChI=1S/C15H24N4/c1-13-16-8-7-15(17-13)19-11-5-6-14(19)12-18-9-3-2-4-10-18/h7-8,14H,2-6,9-12H2,1H3/t14-/m1/s1. The molecule has 0 aliphatic carbocycles. The highest BCUT2D eigenvalue weighted by atomic mass is 15.3. The molecule has 2 fully saturated rings. The van der Waals surface area contributed by atoms with Crippen LogP contribution >= 0.6 is 0 Å². The molecular weight excluding hydrogens is 236 g/mol. The zero-order chi connectivity index (χ0) is 13.1. The molecule has 0 radical (unpaired) electrons. The minimum atomic E-state index is 0.646. The zero-order valence-corrected chi connectivity index (χ0v) is 11.9. The van der Waals surface area contributed by atoms with Crippen LogP contribution in [-0.4, -0.2) is 47.1 Å². The molecule has 3 heterocycles. The van der Waals surface area contributed by atoms with Crippen molar-refractivity contribution in [1.82, 2.24) is 14.9 Å². The van der Waals surface area contributed by atoms with Crippen LogP contribution in [0.15, 0.2) is 12.3 Å². The lowest BCUT2D eigenvalue weighted by molar-refractivity contribution is 0.216. The van der Waals surface area contributed by atoms with E-state index in [2.05, 4.69) is 25.8 Å². The van der Waals surface area contributed by atoms with E-state index in [0.29, 0.717) is 6.04 Å². The highest BCUT2D eigenvalue weighted by molar-refractivity contribution is 5.40. The predicted octanol–water partition coefficient (Wildman–Crippen LogP) is 2.24. The maximum atomic E-state index is 4.59. The van der Waals surface area contributed by atoms with Crippen molar-refractivity contribution in [2.45, 2.75) is 45.1 Å². The maximum absolute atomic E-state index is 4.59. The molecule has 0 unspecified atom stereocenters. The summed E-state index contributed by atoms with van der Waals surface area (Å²) >= 11 is 0. The molecule has 104 valence electrons. The summed E-state index contributed by atoms with van der Waals surface area (Å²) in [7, 11) is 0. The van der Waals surface area contributed by atoms with Gasteiger partial charge in [-0.05, 0) is 51.8 Å². The number of rotatable bonds is 3. The van der Waals surface area contributed by atoms with Crippen molar-refractivity contribution in [3.05, 3.63) is 18.1 Å². The van der Waals surface area contributed by atoms with Crippen LogP contribution in [0.4, 0.5) is 5.82 Å². The Balaban J connectivity index is 1.67. The third-order valence-electron chi connectivity index (χ3n) is 4.35. The molecule has 2 saturated heterocycles. The van der Waals surface area contributed by atoms with E-state index in [1.54, 1.807) is 0 Å². The van der Waals surface area contributed by atoms with E-state index < -0.39 is 0 Å². The van der Waals surface area contributed by atoms with Crippen LogP contribution in [0, 0.1) is 6.92 Å². The number of piperidine rings is 1. The number of aryl methyl sites for hydroxylation is 1. The highest BCUT2D eigenvalue weighted by Crippen LogP contribution is 2.25.